The Hall–Kier alpha value is -1.39. The minimum absolute atomic E-state index is 0.0552. The SMILES string of the molecule is CC(=O)Nc1ccc(CN2CC[C@@H](O)C2)cc1. The van der Waals surface area contributed by atoms with Gasteiger partial charge in [-0.1, -0.05) is 12.1 Å². The van der Waals surface area contributed by atoms with Crippen LogP contribution in [0.15, 0.2) is 24.3 Å². The summed E-state index contributed by atoms with van der Waals surface area (Å²) in [6, 6.07) is 7.83. The summed E-state index contributed by atoms with van der Waals surface area (Å²) in [6.07, 6.45) is 0.693. The molecule has 0 spiro atoms. The van der Waals surface area contributed by atoms with E-state index in [9.17, 15) is 9.90 Å². The van der Waals surface area contributed by atoms with Gasteiger partial charge in [-0.15, -0.1) is 0 Å². The van der Waals surface area contributed by atoms with E-state index in [1.807, 2.05) is 24.3 Å². The zero-order valence-corrected chi connectivity index (χ0v) is 10.0. The Morgan fingerprint density at radius 3 is 2.71 bits per heavy atom. The van der Waals surface area contributed by atoms with Gasteiger partial charge in [0.1, 0.15) is 0 Å². The first-order valence-electron chi connectivity index (χ1n) is 5.90. The molecule has 2 N–H and O–H groups in total. The maximum Gasteiger partial charge on any atom is 0.221 e. The number of hydrogen-bond donors (Lipinski definition) is 2. The number of carbonyl (C=O) groups excluding carboxylic acids is 1. The lowest BCUT2D eigenvalue weighted by atomic mass is 10.2. The third kappa shape index (κ3) is 3.54. The van der Waals surface area contributed by atoms with Gasteiger partial charge in [-0.25, -0.2) is 0 Å². The maximum absolute atomic E-state index is 10.9. The van der Waals surface area contributed by atoms with Crippen LogP contribution >= 0.6 is 0 Å². The molecule has 1 saturated heterocycles. The number of nitrogens with zero attached hydrogens (tertiary/aromatic N) is 1. The third-order valence-corrected chi connectivity index (χ3v) is 2.93. The van der Waals surface area contributed by atoms with E-state index in [0.717, 1.165) is 31.7 Å². The van der Waals surface area contributed by atoms with Gasteiger partial charge in [0.05, 0.1) is 6.10 Å². The fourth-order valence-corrected chi connectivity index (χ4v) is 2.11. The molecule has 0 saturated carbocycles. The van der Waals surface area contributed by atoms with Crippen molar-refractivity contribution in [2.75, 3.05) is 18.4 Å². The topological polar surface area (TPSA) is 52.6 Å². The molecule has 0 radical (unpaired) electrons. The van der Waals surface area contributed by atoms with Gasteiger partial charge in [0.2, 0.25) is 5.91 Å². The largest absolute Gasteiger partial charge is 0.392 e. The van der Waals surface area contributed by atoms with Crippen molar-refractivity contribution in [2.24, 2.45) is 0 Å². The van der Waals surface area contributed by atoms with E-state index in [1.165, 1.54) is 12.5 Å². The third-order valence-electron chi connectivity index (χ3n) is 2.93. The molecule has 4 nitrogen and oxygen atoms in total. The van der Waals surface area contributed by atoms with Gasteiger partial charge in [0.25, 0.3) is 0 Å². The molecule has 1 aromatic carbocycles. The lowest BCUT2D eigenvalue weighted by molar-refractivity contribution is -0.114. The molecule has 1 amide bonds. The van der Waals surface area contributed by atoms with Crippen LogP contribution in [0.4, 0.5) is 5.69 Å². The highest BCUT2D eigenvalue weighted by molar-refractivity contribution is 5.88. The Bertz CT molecular complexity index is 389. The second-order valence-electron chi connectivity index (χ2n) is 4.56. The minimum Gasteiger partial charge on any atom is -0.392 e. The summed E-state index contributed by atoms with van der Waals surface area (Å²) >= 11 is 0. The molecule has 4 heteroatoms. The van der Waals surface area contributed by atoms with Crippen LogP contribution in [0.2, 0.25) is 0 Å². The van der Waals surface area contributed by atoms with Gasteiger partial charge in [-0.3, -0.25) is 9.69 Å². The van der Waals surface area contributed by atoms with Gasteiger partial charge < -0.3 is 10.4 Å². The van der Waals surface area contributed by atoms with E-state index < -0.39 is 0 Å². The molecule has 1 fully saturated rings. The van der Waals surface area contributed by atoms with Crippen LogP contribution in [0.5, 0.6) is 0 Å². The van der Waals surface area contributed by atoms with Gasteiger partial charge >= 0.3 is 0 Å². The summed E-state index contributed by atoms with van der Waals surface area (Å²) in [5.41, 5.74) is 2.02. The monoisotopic (exact) mass is 234 g/mol. The lowest BCUT2D eigenvalue weighted by Crippen LogP contribution is -2.21. The highest BCUT2D eigenvalue weighted by atomic mass is 16.3. The molecular formula is C13H18N2O2. The van der Waals surface area contributed by atoms with E-state index in [2.05, 4.69) is 10.2 Å². The molecule has 92 valence electrons. The number of β-amino-alcohol motifs (C(OH)–C–C–N with tert-alkyl or cyclic N) is 1. The van der Waals surface area contributed by atoms with Crippen LogP contribution in [0, 0.1) is 0 Å². The van der Waals surface area contributed by atoms with Gasteiger partial charge in [-0.05, 0) is 24.1 Å². The number of amides is 1. The van der Waals surface area contributed by atoms with E-state index in [-0.39, 0.29) is 12.0 Å². The number of likely N-dealkylation sites (tertiary alicyclic amines) is 1. The molecule has 1 aliphatic heterocycles. The summed E-state index contributed by atoms with van der Waals surface area (Å²) < 4.78 is 0. The van der Waals surface area contributed by atoms with Crippen molar-refractivity contribution in [3.63, 3.8) is 0 Å². The molecule has 1 atom stereocenters. The van der Waals surface area contributed by atoms with Crippen molar-refractivity contribution in [2.45, 2.75) is 26.0 Å². The van der Waals surface area contributed by atoms with Gasteiger partial charge in [-0.2, -0.15) is 0 Å². The minimum atomic E-state index is -0.173. The number of hydrogen-bond acceptors (Lipinski definition) is 3. The van der Waals surface area contributed by atoms with Crippen molar-refractivity contribution in [1.29, 1.82) is 0 Å². The Morgan fingerprint density at radius 2 is 2.18 bits per heavy atom. The van der Waals surface area contributed by atoms with Crippen LogP contribution in [0.25, 0.3) is 0 Å². The summed E-state index contributed by atoms with van der Waals surface area (Å²) in [6.45, 7) is 4.07. The molecule has 0 unspecified atom stereocenters. The zero-order chi connectivity index (χ0) is 12.3. The molecule has 0 bridgehead atoms. The molecule has 1 heterocycles. The lowest BCUT2D eigenvalue weighted by Gasteiger charge is -2.15. The average molecular weight is 234 g/mol. The number of carbonyl (C=O) groups is 1. The Balaban J connectivity index is 1.91. The van der Waals surface area contributed by atoms with Crippen LogP contribution in [-0.2, 0) is 11.3 Å². The number of rotatable bonds is 3. The van der Waals surface area contributed by atoms with Crippen LogP contribution in [-0.4, -0.2) is 35.1 Å². The van der Waals surface area contributed by atoms with Crippen LogP contribution in [0.1, 0.15) is 18.9 Å². The predicted molar refractivity (Wildman–Crippen MR) is 66.6 cm³/mol. The van der Waals surface area contributed by atoms with Crippen LogP contribution < -0.4 is 5.32 Å². The number of benzene rings is 1. The second-order valence-corrected chi connectivity index (χ2v) is 4.56. The number of aliphatic hydroxyl groups is 1. The second kappa shape index (κ2) is 5.29. The van der Waals surface area contributed by atoms with E-state index in [4.69, 9.17) is 0 Å². The average Bonchev–Trinajstić information content (AvgIpc) is 2.66. The number of anilines is 1. The molecule has 1 aromatic rings. The Morgan fingerprint density at radius 1 is 1.47 bits per heavy atom. The Labute approximate surface area is 101 Å². The number of aliphatic hydroxyl groups excluding tert-OH is 1. The van der Waals surface area contributed by atoms with Gasteiger partial charge in [0.15, 0.2) is 0 Å². The zero-order valence-electron chi connectivity index (χ0n) is 10.0. The normalized spacial score (nSPS) is 20.5. The summed E-state index contributed by atoms with van der Waals surface area (Å²) in [7, 11) is 0. The molecule has 17 heavy (non-hydrogen) atoms. The first-order valence-corrected chi connectivity index (χ1v) is 5.90. The first-order chi connectivity index (χ1) is 8.13. The van der Waals surface area contributed by atoms with Crippen molar-refractivity contribution in [1.82, 2.24) is 4.90 Å². The number of nitrogens with one attached hydrogen (secondary N) is 1. The quantitative estimate of drug-likeness (QED) is 0.826. The maximum atomic E-state index is 10.9. The van der Waals surface area contributed by atoms with Crippen molar-refractivity contribution < 1.29 is 9.90 Å². The smallest absolute Gasteiger partial charge is 0.221 e. The molecule has 1 aliphatic rings. The van der Waals surface area contributed by atoms with E-state index in [0.29, 0.717) is 0 Å². The molecule has 2 rings (SSSR count). The summed E-state index contributed by atoms with van der Waals surface area (Å²) in [5, 5.41) is 12.2. The molecule has 0 aliphatic carbocycles. The van der Waals surface area contributed by atoms with E-state index in [1.54, 1.807) is 0 Å². The first kappa shape index (κ1) is 12.1. The molecule has 0 aromatic heterocycles. The van der Waals surface area contributed by atoms with Crippen molar-refractivity contribution >= 4 is 11.6 Å². The van der Waals surface area contributed by atoms with Crippen molar-refractivity contribution in [3.05, 3.63) is 29.8 Å². The molecular weight excluding hydrogens is 216 g/mol. The summed E-state index contributed by atoms with van der Waals surface area (Å²) in [5.74, 6) is -0.0552. The predicted octanol–water partition coefficient (Wildman–Crippen LogP) is 1.21. The highest BCUT2D eigenvalue weighted by Gasteiger charge is 2.19. The summed E-state index contributed by atoms with van der Waals surface area (Å²) in [4.78, 5) is 13.1. The standard InChI is InChI=1S/C13H18N2O2/c1-10(16)14-12-4-2-11(3-5-12)8-15-7-6-13(17)9-15/h2-5,13,17H,6-9H2,1H3,(H,14,16)/t13-/m1/s1. The van der Waals surface area contributed by atoms with Crippen molar-refractivity contribution in [3.8, 4) is 0 Å². The highest BCUT2D eigenvalue weighted by Crippen LogP contribution is 2.15. The van der Waals surface area contributed by atoms with Crippen LogP contribution in [0.3, 0.4) is 0 Å². The Kier molecular flexibility index (Phi) is 3.76. The van der Waals surface area contributed by atoms with E-state index >= 15 is 0 Å². The van der Waals surface area contributed by atoms with Gasteiger partial charge in [0, 0.05) is 32.2 Å². The fourth-order valence-electron chi connectivity index (χ4n) is 2.11. The fraction of sp³-hybridized carbons (Fsp3) is 0.462.